The van der Waals surface area contributed by atoms with Crippen LogP contribution in [0.25, 0.3) is 0 Å². The van der Waals surface area contributed by atoms with Crippen LogP contribution in [0.3, 0.4) is 0 Å². The number of benzene rings is 1. The SMILES string of the molecule is NC(=O)c1ccc(NC2CCCCC2N)cc1Br. The van der Waals surface area contributed by atoms with Gasteiger partial charge in [0.15, 0.2) is 0 Å². The molecule has 1 aliphatic rings. The van der Waals surface area contributed by atoms with Gasteiger partial charge in [-0.1, -0.05) is 12.8 Å². The van der Waals surface area contributed by atoms with Gasteiger partial charge in [-0.2, -0.15) is 0 Å². The Morgan fingerprint density at radius 2 is 2.06 bits per heavy atom. The van der Waals surface area contributed by atoms with Crippen LogP contribution in [-0.4, -0.2) is 18.0 Å². The van der Waals surface area contributed by atoms with Crippen LogP contribution in [0.4, 0.5) is 5.69 Å². The Kier molecular flexibility index (Phi) is 4.24. The molecule has 18 heavy (non-hydrogen) atoms. The van der Waals surface area contributed by atoms with E-state index >= 15 is 0 Å². The van der Waals surface area contributed by atoms with Crippen molar-refractivity contribution in [2.45, 2.75) is 37.8 Å². The third-order valence-corrected chi connectivity index (χ3v) is 4.06. The number of nitrogens with two attached hydrogens (primary N) is 2. The second-order valence-electron chi connectivity index (χ2n) is 4.76. The van der Waals surface area contributed by atoms with Crippen molar-refractivity contribution in [1.82, 2.24) is 0 Å². The fraction of sp³-hybridized carbons (Fsp3) is 0.462. The molecule has 0 radical (unpaired) electrons. The Morgan fingerprint density at radius 3 is 2.67 bits per heavy atom. The minimum absolute atomic E-state index is 0.202. The molecule has 5 heteroatoms. The topological polar surface area (TPSA) is 81.1 Å². The van der Waals surface area contributed by atoms with Crippen LogP contribution in [-0.2, 0) is 0 Å². The van der Waals surface area contributed by atoms with Crippen molar-refractivity contribution in [1.29, 1.82) is 0 Å². The lowest BCUT2D eigenvalue weighted by Gasteiger charge is -2.30. The maximum absolute atomic E-state index is 11.1. The normalized spacial score (nSPS) is 23.7. The molecule has 0 aliphatic heterocycles. The molecule has 0 aromatic heterocycles. The molecule has 1 aromatic rings. The van der Waals surface area contributed by atoms with E-state index in [1.54, 1.807) is 6.07 Å². The highest BCUT2D eigenvalue weighted by molar-refractivity contribution is 9.10. The molecule has 1 fully saturated rings. The molecule has 2 atom stereocenters. The van der Waals surface area contributed by atoms with Gasteiger partial charge in [0.1, 0.15) is 0 Å². The van der Waals surface area contributed by atoms with Crippen molar-refractivity contribution < 1.29 is 4.79 Å². The van der Waals surface area contributed by atoms with E-state index in [0.717, 1.165) is 18.5 Å². The number of nitrogens with one attached hydrogen (secondary N) is 1. The first kappa shape index (κ1) is 13.4. The lowest BCUT2D eigenvalue weighted by atomic mass is 9.91. The summed E-state index contributed by atoms with van der Waals surface area (Å²) in [5.74, 6) is -0.428. The van der Waals surface area contributed by atoms with Gasteiger partial charge in [0.25, 0.3) is 0 Å². The van der Waals surface area contributed by atoms with Crippen LogP contribution in [0.15, 0.2) is 22.7 Å². The zero-order valence-electron chi connectivity index (χ0n) is 10.2. The summed E-state index contributed by atoms with van der Waals surface area (Å²) in [5.41, 5.74) is 12.8. The van der Waals surface area contributed by atoms with Crippen molar-refractivity contribution in [3.05, 3.63) is 28.2 Å². The summed E-state index contributed by atoms with van der Waals surface area (Å²) in [6.07, 6.45) is 4.59. The first-order chi connectivity index (χ1) is 8.58. The molecule has 5 N–H and O–H groups in total. The molecule has 2 rings (SSSR count). The highest BCUT2D eigenvalue weighted by Crippen LogP contribution is 2.25. The van der Waals surface area contributed by atoms with Crippen molar-refractivity contribution in [2.75, 3.05) is 5.32 Å². The number of halogens is 1. The summed E-state index contributed by atoms with van der Waals surface area (Å²) < 4.78 is 0.712. The van der Waals surface area contributed by atoms with Gasteiger partial charge in [-0.3, -0.25) is 4.79 Å². The van der Waals surface area contributed by atoms with Crippen molar-refractivity contribution >= 4 is 27.5 Å². The van der Waals surface area contributed by atoms with E-state index in [-0.39, 0.29) is 6.04 Å². The molecular formula is C13H18BrN3O. The number of hydrogen-bond donors (Lipinski definition) is 3. The van der Waals surface area contributed by atoms with E-state index in [0.29, 0.717) is 16.1 Å². The predicted molar refractivity (Wildman–Crippen MR) is 76.5 cm³/mol. The van der Waals surface area contributed by atoms with Crippen molar-refractivity contribution in [2.24, 2.45) is 11.5 Å². The standard InChI is InChI=1S/C13H18BrN3O/c14-10-7-8(5-6-9(10)13(16)18)17-12-4-2-1-3-11(12)15/h5-7,11-12,17H,1-4,15H2,(H2,16,18). The van der Waals surface area contributed by atoms with Gasteiger partial charge in [-0.25, -0.2) is 0 Å². The Labute approximate surface area is 115 Å². The second kappa shape index (κ2) is 5.71. The molecule has 98 valence electrons. The minimum Gasteiger partial charge on any atom is -0.381 e. The van der Waals surface area contributed by atoms with E-state index in [1.807, 2.05) is 12.1 Å². The molecule has 0 heterocycles. The molecule has 0 saturated heterocycles. The molecule has 1 amide bonds. The summed E-state index contributed by atoms with van der Waals surface area (Å²) in [6, 6.07) is 5.98. The molecular weight excluding hydrogens is 294 g/mol. The van der Waals surface area contributed by atoms with E-state index in [2.05, 4.69) is 21.2 Å². The minimum atomic E-state index is -0.428. The van der Waals surface area contributed by atoms with Gasteiger partial charge in [0.2, 0.25) is 5.91 Å². The van der Waals surface area contributed by atoms with Gasteiger partial charge >= 0.3 is 0 Å². The number of hydrogen-bond acceptors (Lipinski definition) is 3. The maximum atomic E-state index is 11.1. The molecule has 1 aromatic carbocycles. The van der Waals surface area contributed by atoms with E-state index in [9.17, 15) is 4.79 Å². The highest BCUT2D eigenvalue weighted by Gasteiger charge is 2.21. The summed E-state index contributed by atoms with van der Waals surface area (Å²) in [4.78, 5) is 11.1. The van der Waals surface area contributed by atoms with Gasteiger partial charge in [0, 0.05) is 22.2 Å². The van der Waals surface area contributed by atoms with Gasteiger partial charge in [-0.05, 0) is 47.0 Å². The molecule has 1 saturated carbocycles. The summed E-state index contributed by atoms with van der Waals surface area (Å²) in [7, 11) is 0. The monoisotopic (exact) mass is 311 g/mol. The van der Waals surface area contributed by atoms with Crippen LogP contribution >= 0.6 is 15.9 Å². The average Bonchev–Trinajstić information content (AvgIpc) is 2.32. The van der Waals surface area contributed by atoms with E-state index in [4.69, 9.17) is 11.5 Å². The molecule has 4 nitrogen and oxygen atoms in total. The predicted octanol–water partition coefficient (Wildman–Crippen LogP) is 2.23. The Balaban J connectivity index is 2.10. The van der Waals surface area contributed by atoms with Gasteiger partial charge in [0.05, 0.1) is 5.56 Å². The smallest absolute Gasteiger partial charge is 0.249 e. The van der Waals surface area contributed by atoms with E-state index < -0.39 is 5.91 Å². The van der Waals surface area contributed by atoms with Crippen molar-refractivity contribution in [3.8, 4) is 0 Å². The lowest BCUT2D eigenvalue weighted by Crippen LogP contribution is -2.42. The fourth-order valence-corrected chi connectivity index (χ4v) is 2.93. The molecule has 0 spiro atoms. The summed E-state index contributed by atoms with van der Waals surface area (Å²) in [5, 5.41) is 3.43. The Morgan fingerprint density at radius 1 is 1.33 bits per heavy atom. The average molecular weight is 312 g/mol. The van der Waals surface area contributed by atoms with Crippen LogP contribution in [0, 0.1) is 0 Å². The van der Waals surface area contributed by atoms with Crippen LogP contribution in [0.1, 0.15) is 36.0 Å². The zero-order chi connectivity index (χ0) is 13.1. The van der Waals surface area contributed by atoms with Gasteiger partial charge < -0.3 is 16.8 Å². The highest BCUT2D eigenvalue weighted by atomic mass is 79.9. The first-order valence-electron chi connectivity index (χ1n) is 6.19. The molecule has 0 bridgehead atoms. The van der Waals surface area contributed by atoms with Crippen LogP contribution in [0.5, 0.6) is 0 Å². The second-order valence-corrected chi connectivity index (χ2v) is 5.61. The largest absolute Gasteiger partial charge is 0.381 e. The zero-order valence-corrected chi connectivity index (χ0v) is 11.7. The van der Waals surface area contributed by atoms with Crippen LogP contribution in [0.2, 0.25) is 0 Å². The van der Waals surface area contributed by atoms with Gasteiger partial charge in [-0.15, -0.1) is 0 Å². The number of carbonyl (C=O) groups is 1. The Hall–Kier alpha value is -1.07. The maximum Gasteiger partial charge on any atom is 0.249 e. The quantitative estimate of drug-likeness (QED) is 0.800. The number of amides is 1. The third kappa shape index (κ3) is 3.03. The number of primary amides is 1. The molecule has 2 unspecified atom stereocenters. The number of anilines is 1. The Bertz CT molecular complexity index is 450. The first-order valence-corrected chi connectivity index (χ1v) is 6.98. The number of carbonyl (C=O) groups excluding carboxylic acids is 1. The lowest BCUT2D eigenvalue weighted by molar-refractivity contribution is 0.0999. The molecule has 1 aliphatic carbocycles. The van der Waals surface area contributed by atoms with E-state index in [1.165, 1.54) is 12.8 Å². The third-order valence-electron chi connectivity index (χ3n) is 3.41. The summed E-state index contributed by atoms with van der Waals surface area (Å²) in [6.45, 7) is 0. The fourth-order valence-electron chi connectivity index (χ4n) is 2.36. The summed E-state index contributed by atoms with van der Waals surface area (Å²) >= 11 is 3.36. The van der Waals surface area contributed by atoms with Crippen molar-refractivity contribution in [3.63, 3.8) is 0 Å². The number of rotatable bonds is 3. The van der Waals surface area contributed by atoms with Crippen LogP contribution < -0.4 is 16.8 Å².